The summed E-state index contributed by atoms with van der Waals surface area (Å²) in [6, 6.07) is 9.26. The first-order valence-corrected chi connectivity index (χ1v) is 5.67. The number of aromatic nitrogens is 3. The largest absolute Gasteiger partial charge is 0.349 e. The van der Waals surface area contributed by atoms with E-state index >= 15 is 0 Å². The van der Waals surface area contributed by atoms with Gasteiger partial charge in [-0.15, -0.1) is 0 Å². The average Bonchev–Trinajstić information content (AvgIpc) is 2.90. The Hall–Kier alpha value is -2.21. The minimum atomic E-state index is -0.291. The molecule has 1 aromatic heterocycles. The third kappa shape index (κ3) is 3.39. The van der Waals surface area contributed by atoms with E-state index in [0.29, 0.717) is 12.4 Å². The molecule has 0 bridgehead atoms. The van der Waals surface area contributed by atoms with Crippen LogP contribution in [0.3, 0.4) is 0 Å². The first-order chi connectivity index (χ1) is 8.75. The summed E-state index contributed by atoms with van der Waals surface area (Å²) in [5, 5.41) is 9.10. The molecule has 4 N–H and O–H groups in total. The van der Waals surface area contributed by atoms with Crippen LogP contribution in [-0.2, 0) is 11.3 Å². The number of nitrogens with two attached hydrogens (primary N) is 1. The SMILES string of the molecule is NC(CC(=O)NCc1ncn[nH]1)c1ccccc1. The third-order valence-corrected chi connectivity index (χ3v) is 2.55. The van der Waals surface area contributed by atoms with E-state index in [-0.39, 0.29) is 18.4 Å². The zero-order valence-corrected chi connectivity index (χ0v) is 9.84. The second-order valence-electron chi connectivity index (χ2n) is 3.93. The molecule has 94 valence electrons. The standard InChI is InChI=1S/C12H15N5O/c13-10(9-4-2-1-3-5-9)6-12(18)14-7-11-15-8-16-17-11/h1-5,8,10H,6-7,13H2,(H,14,18)(H,15,16,17). The summed E-state index contributed by atoms with van der Waals surface area (Å²) in [6.45, 7) is 0.334. The Morgan fingerprint density at radius 1 is 1.39 bits per heavy atom. The van der Waals surface area contributed by atoms with Crippen molar-refractivity contribution in [2.24, 2.45) is 5.73 Å². The average molecular weight is 245 g/mol. The summed E-state index contributed by atoms with van der Waals surface area (Å²) in [4.78, 5) is 15.6. The molecule has 0 spiro atoms. The van der Waals surface area contributed by atoms with Gasteiger partial charge in [0.15, 0.2) is 0 Å². The monoisotopic (exact) mass is 245 g/mol. The van der Waals surface area contributed by atoms with Gasteiger partial charge in [-0.1, -0.05) is 30.3 Å². The summed E-state index contributed by atoms with van der Waals surface area (Å²) in [5.74, 6) is 0.513. The zero-order chi connectivity index (χ0) is 12.8. The highest BCUT2D eigenvalue weighted by molar-refractivity contribution is 5.76. The van der Waals surface area contributed by atoms with Crippen LogP contribution in [0.25, 0.3) is 0 Å². The fourth-order valence-corrected chi connectivity index (χ4v) is 1.59. The van der Waals surface area contributed by atoms with E-state index in [2.05, 4.69) is 20.5 Å². The Morgan fingerprint density at radius 2 is 2.17 bits per heavy atom. The number of carbonyl (C=O) groups is 1. The van der Waals surface area contributed by atoms with Gasteiger partial charge in [0.25, 0.3) is 0 Å². The molecule has 0 saturated heterocycles. The van der Waals surface area contributed by atoms with E-state index in [1.807, 2.05) is 30.3 Å². The van der Waals surface area contributed by atoms with Gasteiger partial charge in [-0.3, -0.25) is 9.89 Å². The van der Waals surface area contributed by atoms with Crippen molar-refractivity contribution in [3.63, 3.8) is 0 Å². The third-order valence-electron chi connectivity index (χ3n) is 2.55. The van der Waals surface area contributed by atoms with E-state index < -0.39 is 0 Å². The number of hydrogen-bond donors (Lipinski definition) is 3. The normalized spacial score (nSPS) is 12.1. The molecule has 0 aliphatic carbocycles. The minimum Gasteiger partial charge on any atom is -0.349 e. The van der Waals surface area contributed by atoms with Crippen LogP contribution in [0, 0.1) is 0 Å². The maximum atomic E-state index is 11.7. The van der Waals surface area contributed by atoms with Crippen molar-refractivity contribution in [2.75, 3.05) is 0 Å². The summed E-state index contributed by atoms with van der Waals surface area (Å²) in [7, 11) is 0. The Kier molecular flexibility index (Phi) is 4.03. The van der Waals surface area contributed by atoms with Gasteiger partial charge in [-0.2, -0.15) is 5.10 Å². The molecule has 2 rings (SSSR count). The molecule has 1 aromatic carbocycles. The van der Waals surface area contributed by atoms with Crippen molar-refractivity contribution in [3.8, 4) is 0 Å². The Morgan fingerprint density at radius 3 is 2.83 bits per heavy atom. The van der Waals surface area contributed by atoms with E-state index in [0.717, 1.165) is 5.56 Å². The Bertz CT molecular complexity index is 482. The molecule has 1 amide bonds. The summed E-state index contributed by atoms with van der Waals surface area (Å²) >= 11 is 0. The summed E-state index contributed by atoms with van der Waals surface area (Å²) in [6.07, 6.45) is 1.65. The number of aromatic amines is 1. The Balaban J connectivity index is 1.80. The number of H-pyrrole nitrogens is 1. The lowest BCUT2D eigenvalue weighted by Gasteiger charge is -2.11. The first-order valence-electron chi connectivity index (χ1n) is 5.67. The number of benzene rings is 1. The van der Waals surface area contributed by atoms with Crippen LogP contribution < -0.4 is 11.1 Å². The van der Waals surface area contributed by atoms with Crippen molar-refractivity contribution in [3.05, 3.63) is 48.0 Å². The van der Waals surface area contributed by atoms with E-state index in [1.54, 1.807) is 0 Å². The lowest BCUT2D eigenvalue weighted by Crippen LogP contribution is -2.27. The fraction of sp³-hybridized carbons (Fsp3) is 0.250. The highest BCUT2D eigenvalue weighted by Gasteiger charge is 2.11. The number of carbonyl (C=O) groups excluding carboxylic acids is 1. The number of rotatable bonds is 5. The van der Waals surface area contributed by atoms with Crippen molar-refractivity contribution < 1.29 is 4.79 Å². The molecule has 0 aliphatic heterocycles. The maximum absolute atomic E-state index is 11.7. The van der Waals surface area contributed by atoms with Crippen LogP contribution in [0.5, 0.6) is 0 Å². The van der Waals surface area contributed by atoms with Crippen molar-refractivity contribution >= 4 is 5.91 Å². The molecule has 6 nitrogen and oxygen atoms in total. The van der Waals surface area contributed by atoms with Crippen molar-refractivity contribution in [1.29, 1.82) is 0 Å². The molecule has 0 fully saturated rings. The van der Waals surface area contributed by atoms with Crippen LogP contribution in [-0.4, -0.2) is 21.1 Å². The molecule has 0 radical (unpaired) electrons. The molecule has 1 heterocycles. The van der Waals surface area contributed by atoms with Crippen LogP contribution in [0.15, 0.2) is 36.7 Å². The van der Waals surface area contributed by atoms with Crippen molar-refractivity contribution in [2.45, 2.75) is 19.0 Å². The topological polar surface area (TPSA) is 96.7 Å². The van der Waals surface area contributed by atoms with E-state index in [9.17, 15) is 4.79 Å². The fourth-order valence-electron chi connectivity index (χ4n) is 1.59. The van der Waals surface area contributed by atoms with Gasteiger partial charge in [0, 0.05) is 12.5 Å². The maximum Gasteiger partial charge on any atom is 0.222 e. The molecule has 0 saturated carbocycles. The molecule has 6 heteroatoms. The highest BCUT2D eigenvalue weighted by atomic mass is 16.1. The van der Waals surface area contributed by atoms with E-state index in [4.69, 9.17) is 5.73 Å². The predicted molar refractivity (Wildman–Crippen MR) is 66.2 cm³/mol. The van der Waals surface area contributed by atoms with E-state index in [1.165, 1.54) is 6.33 Å². The second-order valence-corrected chi connectivity index (χ2v) is 3.93. The zero-order valence-electron chi connectivity index (χ0n) is 9.84. The van der Waals surface area contributed by atoms with Gasteiger partial charge in [0.1, 0.15) is 12.2 Å². The summed E-state index contributed by atoms with van der Waals surface area (Å²) in [5.41, 5.74) is 6.90. The van der Waals surface area contributed by atoms with Crippen LogP contribution in [0.4, 0.5) is 0 Å². The Labute approximate surface area is 105 Å². The van der Waals surface area contributed by atoms with Crippen LogP contribution in [0.2, 0.25) is 0 Å². The molecule has 2 aromatic rings. The molecule has 1 atom stereocenters. The quantitative estimate of drug-likeness (QED) is 0.715. The van der Waals surface area contributed by atoms with Gasteiger partial charge in [-0.25, -0.2) is 4.98 Å². The lowest BCUT2D eigenvalue weighted by atomic mass is 10.0. The minimum absolute atomic E-state index is 0.109. The molecule has 18 heavy (non-hydrogen) atoms. The lowest BCUT2D eigenvalue weighted by molar-refractivity contribution is -0.121. The second kappa shape index (κ2) is 5.92. The van der Waals surface area contributed by atoms with Gasteiger partial charge in [-0.05, 0) is 5.56 Å². The molecule has 0 aliphatic rings. The van der Waals surface area contributed by atoms with Gasteiger partial charge in [0.2, 0.25) is 5.91 Å². The predicted octanol–water partition coefficient (Wildman–Crippen LogP) is 0.511. The molecule has 1 unspecified atom stereocenters. The molecular formula is C12H15N5O. The number of nitrogens with one attached hydrogen (secondary N) is 2. The van der Waals surface area contributed by atoms with Crippen LogP contribution >= 0.6 is 0 Å². The van der Waals surface area contributed by atoms with Crippen molar-refractivity contribution in [1.82, 2.24) is 20.5 Å². The number of amides is 1. The van der Waals surface area contributed by atoms with Gasteiger partial charge < -0.3 is 11.1 Å². The number of nitrogens with zero attached hydrogens (tertiary/aromatic N) is 2. The first kappa shape index (κ1) is 12.3. The van der Waals surface area contributed by atoms with Gasteiger partial charge >= 0.3 is 0 Å². The number of hydrogen-bond acceptors (Lipinski definition) is 4. The van der Waals surface area contributed by atoms with Crippen LogP contribution in [0.1, 0.15) is 23.9 Å². The highest BCUT2D eigenvalue weighted by Crippen LogP contribution is 2.12. The smallest absolute Gasteiger partial charge is 0.222 e. The summed E-state index contributed by atoms with van der Waals surface area (Å²) < 4.78 is 0. The van der Waals surface area contributed by atoms with Gasteiger partial charge in [0.05, 0.1) is 6.54 Å². The molecular weight excluding hydrogens is 230 g/mol.